The summed E-state index contributed by atoms with van der Waals surface area (Å²) in [6.07, 6.45) is 0. The van der Waals surface area contributed by atoms with Crippen molar-refractivity contribution in [1.82, 2.24) is 15.0 Å². The van der Waals surface area contributed by atoms with Gasteiger partial charge in [0.1, 0.15) is 42.9 Å². The molecule has 0 unspecified atom stereocenters. The average Bonchev–Trinajstić information content (AvgIpc) is 2.73. The molecular formula is C21H10B5N3O2. The molecule has 1 heterocycles. The summed E-state index contributed by atoms with van der Waals surface area (Å²) >= 11 is 0. The van der Waals surface area contributed by atoms with E-state index >= 15 is 0 Å². The van der Waals surface area contributed by atoms with Crippen LogP contribution in [0.3, 0.4) is 0 Å². The Hall–Kier alpha value is -3.41. The monoisotopic (exact) mass is 391 g/mol. The standard InChI is InChI=1S/C21H10B5N3O2/c22-10-1-4-13(16(24)7-10)19-27-20(14-5-2-11(23)8-17(14)25)29-21(28-19)15-6-3-12(31-26)9-18(15)30/h1-9,30H. The Bertz CT molecular complexity index is 1230. The molecule has 0 aliphatic carbocycles. The number of aromatic hydroxyl groups is 1. The van der Waals surface area contributed by atoms with Gasteiger partial charge in [0, 0.05) is 17.2 Å². The SMILES string of the molecule is [B]Oc1ccc(-c2nc(-c3ccc([B])cc3[B])nc(-c3ccc([B])cc3[B])n2)c(O)c1. The molecule has 0 atom stereocenters. The lowest BCUT2D eigenvalue weighted by molar-refractivity contribution is 0.473. The van der Waals surface area contributed by atoms with Crippen molar-refractivity contribution in [2.24, 2.45) is 0 Å². The lowest BCUT2D eigenvalue weighted by atomic mass is 9.83. The van der Waals surface area contributed by atoms with E-state index < -0.39 is 0 Å². The van der Waals surface area contributed by atoms with Gasteiger partial charge in [0.2, 0.25) is 0 Å². The number of rotatable bonds is 4. The smallest absolute Gasteiger partial charge is 0.374 e. The molecular weight excluding hydrogens is 380 g/mol. The van der Waals surface area contributed by atoms with Crippen molar-refractivity contribution in [3.63, 3.8) is 0 Å². The number of hydrogen-bond donors (Lipinski definition) is 1. The maximum absolute atomic E-state index is 10.5. The van der Waals surface area contributed by atoms with Crippen LogP contribution in [0.2, 0.25) is 0 Å². The second-order valence-electron chi connectivity index (χ2n) is 6.80. The highest BCUT2D eigenvalue weighted by atomic mass is 16.4. The van der Waals surface area contributed by atoms with Crippen LogP contribution in [0.15, 0.2) is 54.6 Å². The minimum atomic E-state index is -0.124. The van der Waals surface area contributed by atoms with Gasteiger partial charge in [-0.3, -0.25) is 0 Å². The Labute approximate surface area is 186 Å². The molecule has 0 spiro atoms. The molecule has 136 valence electrons. The van der Waals surface area contributed by atoms with Gasteiger partial charge in [0.25, 0.3) is 0 Å². The quantitative estimate of drug-likeness (QED) is 0.463. The summed E-state index contributed by atoms with van der Waals surface area (Å²) in [5.74, 6) is 0.927. The van der Waals surface area contributed by atoms with Gasteiger partial charge in [-0.1, -0.05) is 58.2 Å². The highest BCUT2D eigenvalue weighted by Gasteiger charge is 2.16. The third-order valence-corrected chi connectivity index (χ3v) is 4.61. The largest absolute Gasteiger partial charge is 0.568 e. The van der Waals surface area contributed by atoms with Crippen LogP contribution in [0.25, 0.3) is 34.2 Å². The molecule has 10 heteroatoms. The Balaban J connectivity index is 1.96. The van der Waals surface area contributed by atoms with Gasteiger partial charge in [0.05, 0.1) is 5.56 Å². The van der Waals surface area contributed by atoms with Gasteiger partial charge < -0.3 is 9.76 Å². The van der Waals surface area contributed by atoms with Crippen LogP contribution in [0.4, 0.5) is 0 Å². The minimum absolute atomic E-state index is 0.124. The van der Waals surface area contributed by atoms with E-state index in [4.69, 9.17) is 39.4 Å². The van der Waals surface area contributed by atoms with Crippen molar-refractivity contribution >= 4 is 61.3 Å². The fourth-order valence-corrected chi connectivity index (χ4v) is 3.08. The zero-order valence-corrected chi connectivity index (χ0v) is 16.3. The first kappa shape index (κ1) is 20.9. The highest BCUT2D eigenvalue weighted by molar-refractivity contribution is 6.40. The van der Waals surface area contributed by atoms with E-state index in [0.717, 1.165) is 0 Å². The Morgan fingerprint density at radius 1 is 0.613 bits per heavy atom. The molecule has 31 heavy (non-hydrogen) atoms. The molecule has 0 aliphatic heterocycles. The van der Waals surface area contributed by atoms with Crippen LogP contribution in [0, 0.1) is 0 Å². The number of phenolic OH excluding ortho intramolecular Hbond substituents is 1. The summed E-state index contributed by atoms with van der Waals surface area (Å²) in [6.45, 7) is 0. The molecule has 1 aromatic heterocycles. The van der Waals surface area contributed by atoms with Crippen molar-refractivity contribution < 1.29 is 9.76 Å². The van der Waals surface area contributed by atoms with Gasteiger partial charge in [-0.05, 0) is 12.1 Å². The van der Waals surface area contributed by atoms with E-state index in [1.54, 1.807) is 48.5 Å². The van der Waals surface area contributed by atoms with Crippen LogP contribution in [0.5, 0.6) is 11.5 Å². The van der Waals surface area contributed by atoms with Crippen LogP contribution in [0.1, 0.15) is 0 Å². The van der Waals surface area contributed by atoms with Gasteiger partial charge in [-0.25, -0.2) is 15.0 Å². The summed E-state index contributed by atoms with van der Waals surface area (Å²) in [6, 6.07) is 14.5. The second-order valence-corrected chi connectivity index (χ2v) is 6.80. The van der Waals surface area contributed by atoms with E-state index in [2.05, 4.69) is 19.6 Å². The maximum Gasteiger partial charge on any atom is 0.374 e. The lowest BCUT2D eigenvalue weighted by Gasteiger charge is -2.13. The third-order valence-electron chi connectivity index (χ3n) is 4.61. The molecule has 1 N–H and O–H groups in total. The zero-order chi connectivity index (χ0) is 22.1. The average molecular weight is 390 g/mol. The molecule has 5 nitrogen and oxygen atoms in total. The summed E-state index contributed by atoms with van der Waals surface area (Å²) in [7, 11) is 29.1. The van der Waals surface area contributed by atoms with Gasteiger partial charge >= 0.3 is 8.05 Å². The molecule has 0 amide bonds. The predicted molar refractivity (Wildman–Crippen MR) is 126 cm³/mol. The summed E-state index contributed by atoms with van der Waals surface area (Å²) in [5, 5.41) is 10.5. The molecule has 0 fully saturated rings. The fourth-order valence-electron chi connectivity index (χ4n) is 3.08. The van der Waals surface area contributed by atoms with E-state index in [-0.39, 0.29) is 29.0 Å². The van der Waals surface area contributed by atoms with Crippen LogP contribution in [-0.2, 0) is 0 Å². The first-order valence-electron chi connectivity index (χ1n) is 9.12. The van der Waals surface area contributed by atoms with Gasteiger partial charge in [0.15, 0.2) is 17.5 Å². The molecule has 4 rings (SSSR count). The van der Waals surface area contributed by atoms with E-state index in [9.17, 15) is 5.11 Å². The van der Waals surface area contributed by atoms with E-state index in [1.165, 1.54) is 6.07 Å². The molecule has 3 aromatic carbocycles. The number of aromatic nitrogens is 3. The van der Waals surface area contributed by atoms with E-state index in [0.29, 0.717) is 38.5 Å². The fraction of sp³-hybridized carbons (Fsp3) is 0. The van der Waals surface area contributed by atoms with Crippen LogP contribution in [-0.4, -0.2) is 59.5 Å². The first-order valence-corrected chi connectivity index (χ1v) is 9.12. The Kier molecular flexibility index (Phi) is 5.64. The Morgan fingerprint density at radius 3 is 1.48 bits per heavy atom. The molecule has 0 saturated heterocycles. The third kappa shape index (κ3) is 4.24. The second kappa shape index (κ2) is 8.38. The summed E-state index contributed by atoms with van der Waals surface area (Å²) < 4.78 is 4.66. The van der Waals surface area contributed by atoms with Gasteiger partial charge in [-0.15, -0.1) is 0 Å². The van der Waals surface area contributed by atoms with Gasteiger partial charge in [-0.2, -0.15) is 0 Å². The van der Waals surface area contributed by atoms with E-state index in [1.807, 2.05) is 0 Å². The molecule has 0 bridgehead atoms. The first-order chi connectivity index (χ1) is 14.9. The lowest BCUT2D eigenvalue weighted by Crippen LogP contribution is -2.18. The van der Waals surface area contributed by atoms with Crippen molar-refractivity contribution in [1.29, 1.82) is 0 Å². The Morgan fingerprint density at radius 2 is 1.06 bits per heavy atom. The number of phenols is 1. The van der Waals surface area contributed by atoms with Crippen molar-refractivity contribution in [2.45, 2.75) is 0 Å². The predicted octanol–water partition coefficient (Wildman–Crippen LogP) is -0.784. The number of hydrogen-bond acceptors (Lipinski definition) is 5. The van der Waals surface area contributed by atoms with Crippen molar-refractivity contribution in [2.75, 3.05) is 0 Å². The van der Waals surface area contributed by atoms with Crippen LogP contribution >= 0.6 is 0 Å². The summed E-state index contributed by atoms with van der Waals surface area (Å²) in [5.41, 5.74) is 3.24. The zero-order valence-electron chi connectivity index (χ0n) is 16.3. The molecule has 10 radical (unpaired) electrons. The topological polar surface area (TPSA) is 68.1 Å². The maximum atomic E-state index is 10.5. The number of nitrogens with zero attached hydrogens (tertiary/aromatic N) is 3. The highest BCUT2D eigenvalue weighted by Crippen LogP contribution is 2.32. The molecule has 0 saturated carbocycles. The van der Waals surface area contributed by atoms with Crippen molar-refractivity contribution in [3.8, 4) is 45.7 Å². The number of benzene rings is 3. The minimum Gasteiger partial charge on any atom is -0.568 e. The summed E-state index contributed by atoms with van der Waals surface area (Å²) in [4.78, 5) is 13.6. The molecule has 0 aliphatic rings. The van der Waals surface area contributed by atoms with Crippen molar-refractivity contribution in [3.05, 3.63) is 54.6 Å². The normalized spacial score (nSPS) is 10.7. The van der Waals surface area contributed by atoms with Crippen LogP contribution < -0.4 is 26.5 Å². The molecule has 4 aromatic rings.